The zero-order valence-corrected chi connectivity index (χ0v) is 16.6. The number of nitrogens with one attached hydrogen (secondary N) is 2. The number of rotatable bonds is 9. The molecule has 9 nitrogen and oxygen atoms in total. The molecule has 1 fully saturated rings. The standard InChI is InChI=1S/C20H28N4O5/c1-2-7-15(18(26)22-12-17(21)25)23-19(27)16-10-6-11-24(16)20(28)29-13-14-8-4-3-5-9-14/h3-5,8-9,15-16H,2,6-7,10-13H2,1H3,(H2,21,25)(H,22,26)(H,23,27)/t15-,16-/m0/s1. The molecule has 2 atom stereocenters. The Balaban J connectivity index is 1.93. The number of nitrogens with zero attached hydrogens (tertiary/aromatic N) is 1. The monoisotopic (exact) mass is 404 g/mol. The number of likely N-dealkylation sites (tertiary alicyclic amines) is 1. The summed E-state index contributed by atoms with van der Waals surface area (Å²) in [6, 6.07) is 7.79. The molecule has 0 aromatic heterocycles. The Hall–Kier alpha value is -3.10. The molecule has 158 valence electrons. The highest BCUT2D eigenvalue weighted by Crippen LogP contribution is 2.19. The van der Waals surface area contributed by atoms with Gasteiger partial charge in [0.05, 0.1) is 6.54 Å². The van der Waals surface area contributed by atoms with Crippen LogP contribution in [0.1, 0.15) is 38.2 Å². The smallest absolute Gasteiger partial charge is 0.410 e. The van der Waals surface area contributed by atoms with Gasteiger partial charge < -0.3 is 21.1 Å². The van der Waals surface area contributed by atoms with E-state index in [4.69, 9.17) is 10.5 Å². The number of nitrogens with two attached hydrogens (primary N) is 1. The van der Waals surface area contributed by atoms with Gasteiger partial charge in [-0.1, -0.05) is 43.7 Å². The van der Waals surface area contributed by atoms with Crippen molar-refractivity contribution in [3.8, 4) is 0 Å². The fraction of sp³-hybridized carbons (Fsp3) is 0.500. The van der Waals surface area contributed by atoms with Crippen molar-refractivity contribution in [2.75, 3.05) is 13.1 Å². The van der Waals surface area contributed by atoms with Crippen molar-refractivity contribution in [2.45, 2.75) is 51.3 Å². The Labute approximate surface area is 169 Å². The molecule has 0 spiro atoms. The van der Waals surface area contributed by atoms with Crippen molar-refractivity contribution in [3.63, 3.8) is 0 Å². The summed E-state index contributed by atoms with van der Waals surface area (Å²) in [5.41, 5.74) is 5.90. The van der Waals surface area contributed by atoms with Crippen LogP contribution in [0, 0.1) is 0 Å². The largest absolute Gasteiger partial charge is 0.445 e. The van der Waals surface area contributed by atoms with Crippen LogP contribution in [-0.2, 0) is 25.7 Å². The maximum atomic E-state index is 12.7. The van der Waals surface area contributed by atoms with Crippen LogP contribution in [0.2, 0.25) is 0 Å². The van der Waals surface area contributed by atoms with E-state index in [1.165, 1.54) is 4.90 Å². The van der Waals surface area contributed by atoms with Crippen LogP contribution in [-0.4, -0.2) is 53.9 Å². The normalized spacial score (nSPS) is 16.7. The molecule has 1 saturated heterocycles. The minimum absolute atomic E-state index is 0.124. The molecule has 1 aliphatic rings. The van der Waals surface area contributed by atoms with Crippen molar-refractivity contribution < 1.29 is 23.9 Å². The summed E-state index contributed by atoms with van der Waals surface area (Å²) in [4.78, 5) is 49.7. The molecule has 4 amide bonds. The van der Waals surface area contributed by atoms with Crippen molar-refractivity contribution in [1.29, 1.82) is 0 Å². The van der Waals surface area contributed by atoms with E-state index in [1.54, 1.807) is 0 Å². The van der Waals surface area contributed by atoms with E-state index in [9.17, 15) is 19.2 Å². The van der Waals surface area contributed by atoms with Crippen LogP contribution in [0.15, 0.2) is 30.3 Å². The summed E-state index contributed by atoms with van der Waals surface area (Å²) >= 11 is 0. The van der Waals surface area contributed by atoms with E-state index in [0.29, 0.717) is 32.2 Å². The van der Waals surface area contributed by atoms with Gasteiger partial charge in [0.15, 0.2) is 0 Å². The molecule has 0 unspecified atom stereocenters. The number of amides is 4. The van der Waals surface area contributed by atoms with Crippen LogP contribution in [0.4, 0.5) is 4.79 Å². The molecule has 9 heteroatoms. The molecule has 29 heavy (non-hydrogen) atoms. The van der Waals surface area contributed by atoms with Crippen LogP contribution in [0.25, 0.3) is 0 Å². The van der Waals surface area contributed by atoms with E-state index < -0.39 is 35.9 Å². The topological polar surface area (TPSA) is 131 Å². The van der Waals surface area contributed by atoms with Gasteiger partial charge in [-0.15, -0.1) is 0 Å². The number of hydrogen-bond acceptors (Lipinski definition) is 5. The van der Waals surface area contributed by atoms with E-state index in [0.717, 1.165) is 5.56 Å². The Morgan fingerprint density at radius 2 is 1.97 bits per heavy atom. The molecule has 1 heterocycles. The fourth-order valence-corrected chi connectivity index (χ4v) is 3.18. The lowest BCUT2D eigenvalue weighted by molar-refractivity contribution is -0.131. The quantitative estimate of drug-likeness (QED) is 0.557. The third-order valence-electron chi connectivity index (χ3n) is 4.64. The molecule has 1 aliphatic heterocycles. The zero-order chi connectivity index (χ0) is 21.2. The first kappa shape index (κ1) is 22.2. The van der Waals surface area contributed by atoms with Crippen molar-refractivity contribution in [1.82, 2.24) is 15.5 Å². The predicted octanol–water partition coefficient (Wildman–Crippen LogP) is 0.674. The minimum Gasteiger partial charge on any atom is -0.445 e. The highest BCUT2D eigenvalue weighted by molar-refractivity contribution is 5.92. The Bertz CT molecular complexity index is 725. The van der Waals surface area contributed by atoms with Crippen molar-refractivity contribution in [3.05, 3.63) is 35.9 Å². The molecule has 0 aliphatic carbocycles. The highest BCUT2D eigenvalue weighted by atomic mass is 16.6. The first-order chi connectivity index (χ1) is 13.9. The van der Waals surface area contributed by atoms with Crippen LogP contribution in [0.5, 0.6) is 0 Å². The molecule has 0 radical (unpaired) electrons. The van der Waals surface area contributed by atoms with Crippen LogP contribution >= 0.6 is 0 Å². The lowest BCUT2D eigenvalue weighted by atomic mass is 10.1. The summed E-state index contributed by atoms with van der Waals surface area (Å²) in [7, 11) is 0. The van der Waals surface area contributed by atoms with Crippen LogP contribution < -0.4 is 16.4 Å². The first-order valence-electron chi connectivity index (χ1n) is 9.76. The van der Waals surface area contributed by atoms with Gasteiger partial charge in [-0.05, 0) is 24.8 Å². The SMILES string of the molecule is CCC[C@H](NC(=O)[C@@H]1CCCN1C(=O)OCc1ccccc1)C(=O)NCC(N)=O. The third kappa shape index (κ3) is 6.78. The number of ether oxygens (including phenoxy) is 1. The van der Waals surface area contributed by atoms with E-state index in [-0.39, 0.29) is 13.2 Å². The molecular weight excluding hydrogens is 376 g/mol. The fourth-order valence-electron chi connectivity index (χ4n) is 3.18. The van der Waals surface area contributed by atoms with Gasteiger partial charge in [-0.3, -0.25) is 19.3 Å². The Morgan fingerprint density at radius 3 is 2.62 bits per heavy atom. The minimum atomic E-state index is -0.797. The first-order valence-corrected chi connectivity index (χ1v) is 9.76. The van der Waals surface area contributed by atoms with E-state index >= 15 is 0 Å². The number of benzene rings is 1. The summed E-state index contributed by atoms with van der Waals surface area (Å²) in [6.45, 7) is 2.12. The van der Waals surface area contributed by atoms with Gasteiger partial charge >= 0.3 is 6.09 Å². The molecule has 0 saturated carbocycles. The Kier molecular flexibility index (Phi) is 8.45. The average molecular weight is 404 g/mol. The van der Waals surface area contributed by atoms with Gasteiger partial charge in [0.25, 0.3) is 0 Å². The molecular formula is C20H28N4O5. The average Bonchev–Trinajstić information content (AvgIpc) is 3.20. The molecule has 2 rings (SSSR count). The molecule has 0 bridgehead atoms. The van der Waals surface area contributed by atoms with Crippen LogP contribution in [0.3, 0.4) is 0 Å². The number of hydrogen-bond donors (Lipinski definition) is 3. The van der Waals surface area contributed by atoms with Gasteiger partial charge in [0, 0.05) is 6.54 Å². The van der Waals surface area contributed by atoms with E-state index in [1.807, 2.05) is 37.3 Å². The summed E-state index contributed by atoms with van der Waals surface area (Å²) in [5.74, 6) is -1.55. The van der Waals surface area contributed by atoms with Crippen molar-refractivity contribution in [2.24, 2.45) is 5.73 Å². The zero-order valence-electron chi connectivity index (χ0n) is 16.6. The number of carbonyl (C=O) groups is 4. The molecule has 1 aromatic carbocycles. The highest BCUT2D eigenvalue weighted by Gasteiger charge is 2.36. The van der Waals surface area contributed by atoms with Gasteiger partial charge in [-0.25, -0.2) is 4.79 Å². The molecule has 1 aromatic rings. The second-order valence-corrected chi connectivity index (χ2v) is 6.93. The summed E-state index contributed by atoms with van der Waals surface area (Å²) < 4.78 is 5.33. The number of carbonyl (C=O) groups excluding carboxylic acids is 4. The lowest BCUT2D eigenvalue weighted by Gasteiger charge is -2.25. The van der Waals surface area contributed by atoms with Crippen molar-refractivity contribution >= 4 is 23.8 Å². The maximum Gasteiger partial charge on any atom is 0.410 e. The second kappa shape index (κ2) is 11.0. The lowest BCUT2D eigenvalue weighted by Crippen LogP contribution is -2.53. The van der Waals surface area contributed by atoms with E-state index in [2.05, 4.69) is 10.6 Å². The van der Waals surface area contributed by atoms with Gasteiger partial charge in [0.1, 0.15) is 18.7 Å². The summed E-state index contributed by atoms with van der Waals surface area (Å²) in [6.07, 6.45) is 1.67. The maximum absolute atomic E-state index is 12.7. The third-order valence-corrected chi connectivity index (χ3v) is 4.64. The van der Waals surface area contributed by atoms with Gasteiger partial charge in [-0.2, -0.15) is 0 Å². The summed E-state index contributed by atoms with van der Waals surface area (Å²) in [5, 5.41) is 5.09. The number of primary amides is 1. The Morgan fingerprint density at radius 1 is 1.24 bits per heavy atom. The van der Waals surface area contributed by atoms with Gasteiger partial charge in [0.2, 0.25) is 17.7 Å². The molecule has 4 N–H and O–H groups in total. The predicted molar refractivity (Wildman–Crippen MR) is 105 cm³/mol. The second-order valence-electron chi connectivity index (χ2n) is 6.93.